The highest BCUT2D eigenvalue weighted by molar-refractivity contribution is 5.95. The predicted molar refractivity (Wildman–Crippen MR) is 145 cm³/mol. The number of nitrogens with zero attached hydrogens (tertiary/aromatic N) is 4. The number of fused-ring (bicyclic) bond motifs is 1. The quantitative estimate of drug-likeness (QED) is 0.243. The largest absolute Gasteiger partial charge is 0.471 e. The van der Waals surface area contributed by atoms with Crippen LogP contribution in [0, 0.1) is 11.8 Å². The number of hydrogen-bond acceptors (Lipinski definition) is 6. The minimum Gasteiger partial charge on any atom is -0.471 e. The number of carbonyl (C=O) groups excluding carboxylic acids is 2. The summed E-state index contributed by atoms with van der Waals surface area (Å²) >= 11 is 0. The number of alkyl halides is 7. The zero-order chi connectivity index (χ0) is 32.5. The summed E-state index contributed by atoms with van der Waals surface area (Å²) in [6, 6.07) is 2.31. The summed E-state index contributed by atoms with van der Waals surface area (Å²) in [7, 11) is 0. The maximum absolute atomic E-state index is 14.2. The molecule has 3 aromatic heterocycles. The Hall–Kier alpha value is -3.98. The van der Waals surface area contributed by atoms with E-state index in [1.54, 1.807) is 6.07 Å². The summed E-state index contributed by atoms with van der Waals surface area (Å²) in [6.45, 7) is -1.04. The zero-order valence-corrected chi connectivity index (χ0v) is 23.9. The van der Waals surface area contributed by atoms with Crippen molar-refractivity contribution < 1.29 is 45.1 Å². The van der Waals surface area contributed by atoms with Crippen LogP contribution in [0.2, 0.25) is 0 Å². The predicted octanol–water partition coefficient (Wildman–Crippen LogP) is 5.73. The van der Waals surface area contributed by atoms with Crippen molar-refractivity contribution in [1.29, 1.82) is 0 Å². The van der Waals surface area contributed by atoms with Crippen molar-refractivity contribution in [1.82, 2.24) is 24.9 Å². The van der Waals surface area contributed by atoms with E-state index in [9.17, 15) is 40.3 Å². The van der Waals surface area contributed by atoms with Crippen LogP contribution in [0.15, 0.2) is 30.7 Å². The molecule has 0 unspecified atom stereocenters. The van der Waals surface area contributed by atoms with Crippen molar-refractivity contribution >= 4 is 17.5 Å². The highest BCUT2D eigenvalue weighted by atomic mass is 19.4. The van der Waals surface area contributed by atoms with Crippen molar-refractivity contribution in [2.75, 3.05) is 6.61 Å². The standard InChI is InChI=1S/C29H31F7N6O3/c30-20(31)14-45-27-24(18(26(37)44)6-10-38-27)23(15-3-7-28(32,33)8-4-15)19-13-42-21(40-19)11-17(12-39-42)25(16-1-2-16)41-22(43)5-9-29(34,35)36/h6,10-13,15-16,20,23,25H,1-5,7-9,14H2,(H2,37,44)(H,41,43)/t23-,25-/m1/s1. The first-order valence-electron chi connectivity index (χ1n) is 14.5. The molecule has 2 saturated carbocycles. The van der Waals surface area contributed by atoms with Crippen LogP contribution >= 0.6 is 0 Å². The van der Waals surface area contributed by atoms with Gasteiger partial charge in [0.25, 0.3) is 6.43 Å². The van der Waals surface area contributed by atoms with Crippen LogP contribution in [-0.4, -0.2) is 56.5 Å². The molecular weight excluding hydrogens is 613 g/mol. The van der Waals surface area contributed by atoms with Crippen molar-refractivity contribution in [3.05, 3.63) is 53.1 Å². The molecular formula is C29H31F7N6O3. The number of halogens is 7. The summed E-state index contributed by atoms with van der Waals surface area (Å²) in [5.41, 5.74) is 6.66. The van der Waals surface area contributed by atoms with Crippen LogP contribution in [0.3, 0.4) is 0 Å². The van der Waals surface area contributed by atoms with E-state index in [-0.39, 0.29) is 47.1 Å². The maximum atomic E-state index is 14.2. The number of nitrogens with one attached hydrogen (secondary N) is 1. The highest BCUT2D eigenvalue weighted by Gasteiger charge is 2.42. The number of hydrogen-bond donors (Lipinski definition) is 2. The Morgan fingerprint density at radius 2 is 1.84 bits per heavy atom. The van der Waals surface area contributed by atoms with Crippen molar-refractivity contribution in [3.63, 3.8) is 0 Å². The normalized spacial score (nSPS) is 18.6. The van der Waals surface area contributed by atoms with Crippen LogP contribution in [0.25, 0.3) is 5.65 Å². The lowest BCUT2D eigenvalue weighted by atomic mass is 9.73. The molecule has 0 aliphatic heterocycles. The van der Waals surface area contributed by atoms with Gasteiger partial charge in [0.05, 0.1) is 30.6 Å². The number of imidazole rings is 1. The molecule has 16 heteroatoms. The SMILES string of the molecule is NC(=O)c1ccnc(OCC(F)F)c1[C@@H](c1cn2ncc([C@H](NC(=O)CCC(F)(F)F)C3CC3)cc2n1)C1CCC(F)(F)CC1. The van der Waals surface area contributed by atoms with Gasteiger partial charge in [-0.05, 0) is 55.2 Å². The van der Waals surface area contributed by atoms with Gasteiger partial charge in [-0.2, -0.15) is 18.3 Å². The van der Waals surface area contributed by atoms with Gasteiger partial charge in [-0.1, -0.05) is 0 Å². The van der Waals surface area contributed by atoms with Gasteiger partial charge in [-0.25, -0.2) is 32.0 Å². The monoisotopic (exact) mass is 644 g/mol. The van der Waals surface area contributed by atoms with Gasteiger partial charge in [0.1, 0.15) is 0 Å². The summed E-state index contributed by atoms with van der Waals surface area (Å²) in [5, 5.41) is 7.05. The van der Waals surface area contributed by atoms with Crippen LogP contribution in [0.1, 0.15) is 90.5 Å². The molecule has 5 rings (SSSR count). The molecule has 3 aromatic rings. The van der Waals surface area contributed by atoms with Gasteiger partial charge >= 0.3 is 6.18 Å². The third kappa shape index (κ3) is 8.00. The highest BCUT2D eigenvalue weighted by Crippen LogP contribution is 2.47. The molecule has 0 saturated heterocycles. The number of aromatic nitrogens is 4. The number of amides is 2. The van der Waals surface area contributed by atoms with E-state index < -0.39 is 80.5 Å². The molecule has 3 heterocycles. The minimum atomic E-state index is -4.48. The Kier molecular flexibility index (Phi) is 9.21. The van der Waals surface area contributed by atoms with E-state index in [4.69, 9.17) is 10.5 Å². The number of pyridine rings is 1. The Labute approximate surface area is 252 Å². The molecule has 0 bridgehead atoms. The third-order valence-corrected chi connectivity index (χ3v) is 8.19. The molecule has 45 heavy (non-hydrogen) atoms. The van der Waals surface area contributed by atoms with Crippen molar-refractivity contribution in [3.8, 4) is 5.88 Å². The molecule has 9 nitrogen and oxygen atoms in total. The number of rotatable bonds is 12. The second kappa shape index (κ2) is 12.8. The lowest BCUT2D eigenvalue weighted by Crippen LogP contribution is -2.30. The molecule has 2 aliphatic carbocycles. The Morgan fingerprint density at radius 1 is 1.13 bits per heavy atom. The molecule has 2 amide bonds. The summed E-state index contributed by atoms with van der Waals surface area (Å²) in [6.07, 6.45) is -4.53. The molecule has 244 valence electrons. The number of ether oxygens (including phenoxy) is 1. The Morgan fingerprint density at radius 3 is 2.47 bits per heavy atom. The van der Waals surface area contributed by atoms with Gasteiger partial charge in [0.15, 0.2) is 12.3 Å². The Balaban J connectivity index is 1.53. The maximum Gasteiger partial charge on any atom is 0.389 e. The van der Waals surface area contributed by atoms with Crippen molar-refractivity contribution in [2.45, 2.75) is 81.9 Å². The van der Waals surface area contributed by atoms with E-state index in [0.29, 0.717) is 5.56 Å². The van der Waals surface area contributed by atoms with Crippen molar-refractivity contribution in [2.24, 2.45) is 17.6 Å². The lowest BCUT2D eigenvalue weighted by molar-refractivity contribution is -0.144. The minimum absolute atomic E-state index is 0.00163. The second-order valence-corrected chi connectivity index (χ2v) is 11.6. The smallest absolute Gasteiger partial charge is 0.389 e. The van der Waals surface area contributed by atoms with Gasteiger partial charge in [-0.15, -0.1) is 0 Å². The van der Waals surface area contributed by atoms with E-state index in [1.807, 2.05) is 0 Å². The molecule has 0 radical (unpaired) electrons. The fourth-order valence-corrected chi connectivity index (χ4v) is 5.88. The van der Waals surface area contributed by atoms with Gasteiger partial charge < -0.3 is 15.8 Å². The third-order valence-electron chi connectivity index (χ3n) is 8.19. The lowest BCUT2D eigenvalue weighted by Gasteiger charge is -2.34. The van der Waals surface area contributed by atoms with E-state index >= 15 is 0 Å². The first kappa shape index (κ1) is 32.4. The summed E-state index contributed by atoms with van der Waals surface area (Å²) in [4.78, 5) is 33.6. The first-order valence-corrected chi connectivity index (χ1v) is 14.5. The van der Waals surface area contributed by atoms with Gasteiger partial charge in [0, 0.05) is 42.5 Å². The van der Waals surface area contributed by atoms with E-state index in [2.05, 4.69) is 20.4 Å². The fraction of sp³-hybridized carbons (Fsp3) is 0.552. The van der Waals surface area contributed by atoms with Gasteiger partial charge in [-0.3, -0.25) is 9.59 Å². The molecule has 2 atom stereocenters. The average molecular weight is 645 g/mol. The molecule has 3 N–H and O–H groups in total. The number of primary amides is 1. The Bertz CT molecular complexity index is 1530. The average Bonchev–Trinajstić information content (AvgIpc) is 3.72. The van der Waals surface area contributed by atoms with E-state index in [0.717, 1.165) is 12.8 Å². The van der Waals surface area contributed by atoms with Crippen LogP contribution in [-0.2, 0) is 4.79 Å². The van der Waals surface area contributed by atoms with Crippen LogP contribution in [0.5, 0.6) is 5.88 Å². The summed E-state index contributed by atoms with van der Waals surface area (Å²) in [5.74, 6) is -6.30. The molecule has 2 fully saturated rings. The van der Waals surface area contributed by atoms with Crippen LogP contribution < -0.4 is 15.8 Å². The second-order valence-electron chi connectivity index (χ2n) is 11.6. The topological polar surface area (TPSA) is 125 Å². The molecule has 0 spiro atoms. The molecule has 2 aliphatic rings. The zero-order valence-electron chi connectivity index (χ0n) is 23.9. The number of carbonyl (C=O) groups is 2. The fourth-order valence-electron chi connectivity index (χ4n) is 5.88. The van der Waals surface area contributed by atoms with Crippen LogP contribution in [0.4, 0.5) is 30.7 Å². The molecule has 0 aromatic carbocycles. The van der Waals surface area contributed by atoms with E-state index in [1.165, 1.54) is 29.2 Å². The number of nitrogens with two attached hydrogens (primary N) is 1. The first-order chi connectivity index (χ1) is 21.2. The summed E-state index contributed by atoms with van der Waals surface area (Å²) < 4.78 is 99.2. The van der Waals surface area contributed by atoms with Gasteiger partial charge in [0.2, 0.25) is 23.6 Å².